The summed E-state index contributed by atoms with van der Waals surface area (Å²) in [6, 6.07) is 1.70. The monoisotopic (exact) mass is 226 g/mol. The zero-order chi connectivity index (χ0) is 12.1. The molecule has 0 heterocycles. The predicted molar refractivity (Wildman–Crippen MR) is 71.5 cm³/mol. The van der Waals surface area contributed by atoms with Crippen LogP contribution >= 0.6 is 0 Å². The van der Waals surface area contributed by atoms with Gasteiger partial charge in [-0.05, 0) is 45.1 Å². The van der Waals surface area contributed by atoms with Gasteiger partial charge < -0.3 is 5.73 Å². The molecule has 0 spiro atoms. The van der Waals surface area contributed by atoms with Gasteiger partial charge in [-0.2, -0.15) is 0 Å². The third-order valence-corrected chi connectivity index (χ3v) is 4.50. The summed E-state index contributed by atoms with van der Waals surface area (Å²) >= 11 is 0. The Morgan fingerprint density at radius 1 is 1.25 bits per heavy atom. The van der Waals surface area contributed by atoms with Crippen LogP contribution in [0, 0.1) is 5.92 Å². The van der Waals surface area contributed by atoms with Gasteiger partial charge in [0.25, 0.3) is 0 Å². The fraction of sp³-hybridized carbons (Fsp3) is 1.00. The number of nitrogens with zero attached hydrogens (tertiary/aromatic N) is 1. The van der Waals surface area contributed by atoms with Crippen molar-refractivity contribution in [3.63, 3.8) is 0 Å². The molecule has 0 amide bonds. The van der Waals surface area contributed by atoms with E-state index in [1.165, 1.54) is 32.1 Å². The van der Waals surface area contributed by atoms with E-state index in [-0.39, 0.29) is 0 Å². The molecule has 0 bridgehead atoms. The van der Waals surface area contributed by atoms with Crippen LogP contribution in [0.5, 0.6) is 0 Å². The highest BCUT2D eigenvalue weighted by Crippen LogP contribution is 2.30. The molecule has 0 aromatic carbocycles. The van der Waals surface area contributed by atoms with Crippen LogP contribution in [0.3, 0.4) is 0 Å². The highest BCUT2D eigenvalue weighted by molar-refractivity contribution is 4.90. The lowest BCUT2D eigenvalue weighted by Gasteiger charge is -2.43. The largest absolute Gasteiger partial charge is 0.326 e. The number of rotatable bonds is 5. The van der Waals surface area contributed by atoms with Crippen LogP contribution in [0.2, 0.25) is 0 Å². The standard InChI is InChI=1S/C14H30N2/c1-5-11(4)16(7-3)14-10-12(6-2)8-9-13(14)15/h11-14H,5-10,15H2,1-4H3. The molecule has 0 saturated heterocycles. The second-order valence-electron chi connectivity index (χ2n) is 5.41. The Morgan fingerprint density at radius 3 is 2.44 bits per heavy atom. The maximum absolute atomic E-state index is 6.32. The van der Waals surface area contributed by atoms with Gasteiger partial charge >= 0.3 is 0 Å². The molecule has 96 valence electrons. The van der Waals surface area contributed by atoms with Crippen molar-refractivity contribution in [1.82, 2.24) is 4.90 Å². The molecule has 1 rings (SSSR count). The highest BCUT2D eigenvalue weighted by Gasteiger charge is 2.32. The zero-order valence-electron chi connectivity index (χ0n) is 11.6. The molecule has 0 aromatic heterocycles. The quantitative estimate of drug-likeness (QED) is 0.781. The van der Waals surface area contributed by atoms with E-state index < -0.39 is 0 Å². The van der Waals surface area contributed by atoms with Crippen molar-refractivity contribution < 1.29 is 0 Å². The molecule has 4 unspecified atom stereocenters. The van der Waals surface area contributed by atoms with Crippen molar-refractivity contribution in [2.24, 2.45) is 11.7 Å². The lowest BCUT2D eigenvalue weighted by atomic mass is 9.80. The molecule has 16 heavy (non-hydrogen) atoms. The van der Waals surface area contributed by atoms with Crippen LogP contribution in [0.1, 0.15) is 59.8 Å². The summed E-state index contributed by atoms with van der Waals surface area (Å²) < 4.78 is 0. The summed E-state index contributed by atoms with van der Waals surface area (Å²) in [4.78, 5) is 2.63. The molecule has 1 aliphatic carbocycles. The Hall–Kier alpha value is -0.0800. The Bertz CT molecular complexity index is 193. The molecule has 4 atom stereocenters. The average molecular weight is 226 g/mol. The van der Waals surface area contributed by atoms with Gasteiger partial charge in [-0.15, -0.1) is 0 Å². The minimum atomic E-state index is 0.400. The van der Waals surface area contributed by atoms with E-state index in [0.29, 0.717) is 18.1 Å². The molecule has 1 fully saturated rings. The summed E-state index contributed by atoms with van der Waals surface area (Å²) in [5.74, 6) is 0.905. The van der Waals surface area contributed by atoms with Crippen LogP contribution in [-0.4, -0.2) is 29.6 Å². The summed E-state index contributed by atoms with van der Waals surface area (Å²) in [7, 11) is 0. The van der Waals surface area contributed by atoms with Crippen molar-refractivity contribution >= 4 is 0 Å². The van der Waals surface area contributed by atoms with E-state index in [1.54, 1.807) is 0 Å². The van der Waals surface area contributed by atoms with Gasteiger partial charge in [-0.3, -0.25) is 4.90 Å². The molecule has 0 radical (unpaired) electrons. The van der Waals surface area contributed by atoms with Crippen LogP contribution in [0.25, 0.3) is 0 Å². The molecule has 1 aliphatic rings. The molecule has 0 aromatic rings. The van der Waals surface area contributed by atoms with Crippen LogP contribution in [-0.2, 0) is 0 Å². The van der Waals surface area contributed by atoms with E-state index in [4.69, 9.17) is 5.73 Å². The first-order valence-corrected chi connectivity index (χ1v) is 7.15. The third kappa shape index (κ3) is 3.21. The van der Waals surface area contributed by atoms with Crippen LogP contribution < -0.4 is 5.73 Å². The van der Waals surface area contributed by atoms with E-state index in [9.17, 15) is 0 Å². The van der Waals surface area contributed by atoms with Gasteiger partial charge in [0.15, 0.2) is 0 Å². The minimum absolute atomic E-state index is 0.400. The Kier molecular flexibility index (Phi) is 5.77. The molecule has 2 heteroatoms. The number of hydrogen-bond donors (Lipinski definition) is 1. The predicted octanol–water partition coefficient (Wildman–Crippen LogP) is 3.01. The van der Waals surface area contributed by atoms with Gasteiger partial charge in [-0.1, -0.05) is 27.2 Å². The van der Waals surface area contributed by atoms with E-state index >= 15 is 0 Å². The topological polar surface area (TPSA) is 29.3 Å². The van der Waals surface area contributed by atoms with Gasteiger partial charge in [-0.25, -0.2) is 0 Å². The molecule has 1 saturated carbocycles. The maximum Gasteiger partial charge on any atom is 0.0252 e. The van der Waals surface area contributed by atoms with Crippen LogP contribution in [0.4, 0.5) is 0 Å². The Balaban J connectivity index is 2.65. The van der Waals surface area contributed by atoms with Crippen LogP contribution in [0.15, 0.2) is 0 Å². The van der Waals surface area contributed by atoms with Gasteiger partial charge in [0.2, 0.25) is 0 Å². The molecule has 2 N–H and O–H groups in total. The normalized spacial score (nSPS) is 33.0. The van der Waals surface area contributed by atoms with Crippen molar-refractivity contribution in [2.75, 3.05) is 6.54 Å². The summed E-state index contributed by atoms with van der Waals surface area (Å²) in [5.41, 5.74) is 6.32. The first-order valence-electron chi connectivity index (χ1n) is 7.15. The average Bonchev–Trinajstić information content (AvgIpc) is 2.32. The second-order valence-corrected chi connectivity index (χ2v) is 5.41. The van der Waals surface area contributed by atoms with Crippen molar-refractivity contribution in [1.29, 1.82) is 0 Å². The van der Waals surface area contributed by atoms with E-state index in [1.807, 2.05) is 0 Å². The lowest BCUT2D eigenvalue weighted by Crippen LogP contribution is -2.53. The van der Waals surface area contributed by atoms with Crippen molar-refractivity contribution in [3.05, 3.63) is 0 Å². The lowest BCUT2D eigenvalue weighted by molar-refractivity contribution is 0.0799. The van der Waals surface area contributed by atoms with Gasteiger partial charge in [0, 0.05) is 18.1 Å². The molecule has 2 nitrogen and oxygen atoms in total. The smallest absolute Gasteiger partial charge is 0.0252 e. The molecular formula is C14H30N2. The van der Waals surface area contributed by atoms with E-state index in [0.717, 1.165) is 12.5 Å². The Labute approximate surface area is 102 Å². The number of hydrogen-bond acceptors (Lipinski definition) is 2. The summed E-state index contributed by atoms with van der Waals surface area (Å²) in [6.07, 6.45) is 6.42. The molecular weight excluding hydrogens is 196 g/mol. The highest BCUT2D eigenvalue weighted by atomic mass is 15.2. The zero-order valence-corrected chi connectivity index (χ0v) is 11.6. The second kappa shape index (κ2) is 6.61. The fourth-order valence-electron chi connectivity index (χ4n) is 3.11. The van der Waals surface area contributed by atoms with Gasteiger partial charge in [0.05, 0.1) is 0 Å². The number of likely N-dealkylation sites (N-methyl/N-ethyl adjacent to an activating group) is 1. The van der Waals surface area contributed by atoms with Crippen molar-refractivity contribution in [3.8, 4) is 0 Å². The summed E-state index contributed by atoms with van der Waals surface area (Å²) in [6.45, 7) is 10.3. The first kappa shape index (κ1) is 14.0. The SMILES string of the molecule is CCC1CCC(N)C(N(CC)C(C)CC)C1. The molecule has 0 aliphatic heterocycles. The minimum Gasteiger partial charge on any atom is -0.326 e. The van der Waals surface area contributed by atoms with Gasteiger partial charge in [0.1, 0.15) is 0 Å². The fourth-order valence-corrected chi connectivity index (χ4v) is 3.11. The van der Waals surface area contributed by atoms with E-state index in [2.05, 4.69) is 32.6 Å². The van der Waals surface area contributed by atoms with Crippen molar-refractivity contribution in [2.45, 2.75) is 77.9 Å². The number of nitrogens with two attached hydrogens (primary N) is 1. The first-order chi connectivity index (χ1) is 7.63. The third-order valence-electron chi connectivity index (χ3n) is 4.50. The summed E-state index contributed by atoms with van der Waals surface area (Å²) in [5, 5.41) is 0. The Morgan fingerprint density at radius 2 is 1.94 bits per heavy atom. The maximum atomic E-state index is 6.32.